The fourth-order valence-electron chi connectivity index (χ4n) is 4.03. The average Bonchev–Trinajstić information content (AvgIpc) is 3.56. The van der Waals surface area contributed by atoms with Crippen molar-refractivity contribution in [3.63, 3.8) is 0 Å². The number of thiophene rings is 1. The highest BCUT2D eigenvalue weighted by molar-refractivity contribution is 7.19. The van der Waals surface area contributed by atoms with E-state index < -0.39 is 0 Å². The fraction of sp³-hybridized carbons (Fsp3) is 0.167. The van der Waals surface area contributed by atoms with Gasteiger partial charge in [0, 0.05) is 50.4 Å². The number of hydrogen-bond acceptors (Lipinski definition) is 5. The van der Waals surface area contributed by atoms with Crippen LogP contribution in [0.2, 0.25) is 0 Å². The summed E-state index contributed by atoms with van der Waals surface area (Å²) in [5, 5.41) is 9.16. The Hall–Kier alpha value is -3.38. The predicted molar refractivity (Wildman–Crippen MR) is 128 cm³/mol. The van der Waals surface area contributed by atoms with E-state index in [1.165, 1.54) is 25.9 Å². The van der Waals surface area contributed by atoms with E-state index in [4.69, 9.17) is 0 Å². The van der Waals surface area contributed by atoms with Gasteiger partial charge < -0.3 is 15.6 Å². The Morgan fingerprint density at radius 1 is 0.767 bits per heavy atom. The minimum Gasteiger partial charge on any atom is -0.368 e. The molecule has 4 aromatic rings. The first-order valence-electron chi connectivity index (χ1n) is 10.2. The van der Waals surface area contributed by atoms with E-state index in [1.54, 1.807) is 0 Å². The molecule has 0 bridgehead atoms. The lowest BCUT2D eigenvalue weighted by Gasteiger charge is -2.01. The molecular formula is C24H21N5S. The Kier molecular flexibility index (Phi) is 4.16. The van der Waals surface area contributed by atoms with E-state index in [2.05, 4.69) is 86.3 Å². The molecule has 2 aliphatic heterocycles. The molecule has 0 atom stereocenters. The van der Waals surface area contributed by atoms with Gasteiger partial charge in [-0.15, -0.1) is 11.3 Å². The van der Waals surface area contributed by atoms with Crippen molar-refractivity contribution in [1.29, 1.82) is 0 Å². The number of H-pyrrole nitrogens is 1. The summed E-state index contributed by atoms with van der Waals surface area (Å²) in [7, 11) is 0. The molecule has 5 nitrogen and oxygen atoms in total. The van der Waals surface area contributed by atoms with Crippen LogP contribution in [0.5, 0.6) is 0 Å². The summed E-state index contributed by atoms with van der Waals surface area (Å²) in [6.07, 6.45) is 4.34. The molecule has 4 heterocycles. The maximum absolute atomic E-state index is 4.53. The molecule has 0 radical (unpaired) electrons. The lowest BCUT2D eigenvalue weighted by molar-refractivity contribution is 0.960. The molecule has 6 rings (SSSR count). The Morgan fingerprint density at radius 2 is 1.53 bits per heavy atom. The number of nitrogens with zero attached hydrogens (tertiary/aromatic N) is 2. The lowest BCUT2D eigenvalue weighted by Crippen LogP contribution is -2.19. The van der Waals surface area contributed by atoms with Gasteiger partial charge in [0.25, 0.3) is 0 Å². The van der Waals surface area contributed by atoms with Crippen LogP contribution >= 0.6 is 11.3 Å². The highest BCUT2D eigenvalue weighted by Crippen LogP contribution is 2.28. The van der Waals surface area contributed by atoms with Crippen LogP contribution in [-0.2, 0) is 0 Å². The average molecular weight is 412 g/mol. The normalized spacial score (nSPS) is 16.3. The molecule has 148 valence electrons. The van der Waals surface area contributed by atoms with Gasteiger partial charge in [0.15, 0.2) is 0 Å². The zero-order valence-electron chi connectivity index (χ0n) is 16.4. The van der Waals surface area contributed by atoms with Gasteiger partial charge >= 0.3 is 0 Å². The molecule has 2 aromatic carbocycles. The molecule has 3 N–H and O–H groups in total. The van der Waals surface area contributed by atoms with E-state index in [0.717, 1.165) is 54.6 Å². The number of nitrogens with one attached hydrogen (secondary N) is 3. The quantitative estimate of drug-likeness (QED) is 0.470. The van der Waals surface area contributed by atoms with E-state index in [1.807, 2.05) is 11.3 Å². The minimum absolute atomic E-state index is 0.855. The van der Waals surface area contributed by atoms with Crippen LogP contribution < -0.4 is 10.6 Å². The van der Waals surface area contributed by atoms with Crippen LogP contribution in [-0.4, -0.2) is 42.8 Å². The van der Waals surface area contributed by atoms with Gasteiger partial charge in [0.2, 0.25) is 0 Å². The van der Waals surface area contributed by atoms with Crippen LogP contribution in [0.25, 0.3) is 33.1 Å². The molecule has 2 aromatic heterocycles. The predicted octanol–water partition coefficient (Wildman–Crippen LogP) is 4.25. The maximum Gasteiger partial charge on any atom is 0.128 e. The fourth-order valence-corrected chi connectivity index (χ4v) is 4.98. The van der Waals surface area contributed by atoms with Crippen molar-refractivity contribution in [2.24, 2.45) is 9.98 Å². The summed E-state index contributed by atoms with van der Waals surface area (Å²) in [6, 6.07) is 17.5. The first-order valence-corrected chi connectivity index (χ1v) is 11.1. The van der Waals surface area contributed by atoms with Gasteiger partial charge in [-0.05, 0) is 53.9 Å². The standard InChI is InChI=1S/C24H21N5S/c1-2-17(24-27-9-10-28-24)14-21-15(1)12-19(29-21)4-5-20-13-18-11-16(3-6-22(18)30-20)23-25-7-8-26-23/h1-6,11-14,29H,7-10H2,(H,25,26)(H,27,28)/b5-4+. The van der Waals surface area contributed by atoms with Crippen molar-refractivity contribution >= 4 is 56.1 Å². The van der Waals surface area contributed by atoms with E-state index in [-0.39, 0.29) is 0 Å². The van der Waals surface area contributed by atoms with E-state index in [9.17, 15) is 0 Å². The van der Waals surface area contributed by atoms with Gasteiger partial charge in [0.05, 0.1) is 13.1 Å². The molecule has 0 aliphatic carbocycles. The number of fused-ring (bicyclic) bond motifs is 2. The second kappa shape index (κ2) is 7.15. The molecule has 0 fully saturated rings. The van der Waals surface area contributed by atoms with E-state index in [0.29, 0.717) is 0 Å². The summed E-state index contributed by atoms with van der Waals surface area (Å²) in [4.78, 5) is 13.8. The second-order valence-corrected chi connectivity index (χ2v) is 8.69. The molecule has 0 saturated heterocycles. The third kappa shape index (κ3) is 3.19. The second-order valence-electron chi connectivity index (χ2n) is 7.58. The first-order chi connectivity index (χ1) is 14.8. The van der Waals surface area contributed by atoms with Crippen molar-refractivity contribution in [2.45, 2.75) is 0 Å². The van der Waals surface area contributed by atoms with Gasteiger partial charge in [-0.2, -0.15) is 0 Å². The molecule has 0 spiro atoms. The monoisotopic (exact) mass is 411 g/mol. The Bertz CT molecular complexity index is 1250. The highest BCUT2D eigenvalue weighted by atomic mass is 32.1. The topological polar surface area (TPSA) is 64.6 Å². The third-order valence-electron chi connectivity index (χ3n) is 5.50. The molecule has 0 amide bonds. The number of aromatic amines is 1. The highest BCUT2D eigenvalue weighted by Gasteiger charge is 2.10. The van der Waals surface area contributed by atoms with Crippen molar-refractivity contribution in [3.05, 3.63) is 70.2 Å². The number of amidine groups is 2. The summed E-state index contributed by atoms with van der Waals surface area (Å²) < 4.78 is 1.29. The minimum atomic E-state index is 0.855. The van der Waals surface area contributed by atoms with Crippen LogP contribution in [0.4, 0.5) is 0 Å². The summed E-state index contributed by atoms with van der Waals surface area (Å²) >= 11 is 1.81. The Labute approximate surface area is 178 Å². The number of aliphatic imine (C=N–C) groups is 2. The SMILES string of the molecule is C(=C\c1cc2cc(C3=NCCN3)ccc2s1)/c1cc2ccc(C3=NCCN3)cc2[nH]1. The first kappa shape index (κ1) is 17.5. The van der Waals surface area contributed by atoms with Crippen LogP contribution in [0.3, 0.4) is 0 Å². The van der Waals surface area contributed by atoms with Gasteiger partial charge in [0.1, 0.15) is 11.7 Å². The molecule has 0 saturated carbocycles. The van der Waals surface area contributed by atoms with Crippen molar-refractivity contribution in [1.82, 2.24) is 15.6 Å². The number of benzene rings is 2. The summed E-state index contributed by atoms with van der Waals surface area (Å²) in [6.45, 7) is 3.57. The molecular weight excluding hydrogens is 390 g/mol. The van der Waals surface area contributed by atoms with Gasteiger partial charge in [-0.25, -0.2) is 0 Å². The third-order valence-corrected chi connectivity index (χ3v) is 6.58. The van der Waals surface area contributed by atoms with Crippen molar-refractivity contribution < 1.29 is 0 Å². The van der Waals surface area contributed by atoms with Gasteiger partial charge in [-0.1, -0.05) is 12.1 Å². The molecule has 6 heteroatoms. The van der Waals surface area contributed by atoms with Crippen molar-refractivity contribution in [3.8, 4) is 0 Å². The van der Waals surface area contributed by atoms with Gasteiger partial charge in [-0.3, -0.25) is 9.98 Å². The molecule has 0 unspecified atom stereocenters. The largest absolute Gasteiger partial charge is 0.368 e. The molecule has 30 heavy (non-hydrogen) atoms. The summed E-state index contributed by atoms with van der Waals surface area (Å²) in [5.74, 6) is 2.00. The lowest BCUT2D eigenvalue weighted by atomic mass is 10.1. The zero-order valence-corrected chi connectivity index (χ0v) is 17.2. The molecule has 2 aliphatic rings. The Morgan fingerprint density at radius 3 is 2.30 bits per heavy atom. The Balaban J connectivity index is 1.27. The number of rotatable bonds is 4. The smallest absolute Gasteiger partial charge is 0.128 e. The van der Waals surface area contributed by atoms with Crippen molar-refractivity contribution in [2.75, 3.05) is 26.2 Å². The van der Waals surface area contributed by atoms with Crippen LogP contribution in [0.1, 0.15) is 21.7 Å². The van der Waals surface area contributed by atoms with E-state index >= 15 is 0 Å². The van der Waals surface area contributed by atoms with Crippen LogP contribution in [0.15, 0.2) is 58.5 Å². The zero-order chi connectivity index (χ0) is 19.9. The van der Waals surface area contributed by atoms with Crippen LogP contribution in [0, 0.1) is 0 Å². The summed E-state index contributed by atoms with van der Waals surface area (Å²) in [5.41, 5.74) is 4.54. The number of hydrogen-bond donors (Lipinski definition) is 3. The number of aromatic nitrogens is 1. The maximum atomic E-state index is 4.53.